The van der Waals surface area contributed by atoms with Crippen molar-refractivity contribution >= 4 is 11.9 Å². The molecule has 0 spiro atoms. The molecule has 0 aromatic carbocycles. The normalized spacial score (nSPS) is 23.0. The van der Waals surface area contributed by atoms with Gasteiger partial charge < -0.3 is 25.4 Å². The molecule has 192 valence electrons. The Morgan fingerprint density at radius 1 is 1.11 bits per heavy atom. The average Bonchev–Trinajstić information content (AvgIpc) is 2.86. The molecule has 3 N–H and O–H groups in total. The maximum atomic E-state index is 14.7. The summed E-state index contributed by atoms with van der Waals surface area (Å²) >= 11 is 0. The molecule has 1 saturated heterocycles. The lowest BCUT2D eigenvalue weighted by molar-refractivity contribution is 0.0299. The van der Waals surface area contributed by atoms with Gasteiger partial charge >= 0.3 is 0 Å². The molecular formula is C25H38FN7O2. The Morgan fingerprint density at radius 3 is 2.60 bits per heavy atom. The minimum Gasteiger partial charge on any atom is -0.383 e. The fourth-order valence-corrected chi connectivity index (χ4v) is 4.81. The molecular weight excluding hydrogens is 449 g/mol. The summed E-state index contributed by atoms with van der Waals surface area (Å²) < 4.78 is 25.4. The number of anilines is 2. The molecule has 2 aliphatic rings. The van der Waals surface area contributed by atoms with Crippen molar-refractivity contribution in [2.45, 2.75) is 70.5 Å². The molecule has 1 aliphatic heterocycles. The lowest BCUT2D eigenvalue weighted by atomic mass is 9.82. The number of ether oxygens (including phenoxy) is 2. The predicted molar refractivity (Wildman–Crippen MR) is 134 cm³/mol. The summed E-state index contributed by atoms with van der Waals surface area (Å²) in [5, 5.41) is 10.3. The van der Waals surface area contributed by atoms with Crippen molar-refractivity contribution in [3.63, 3.8) is 0 Å². The minimum absolute atomic E-state index is 0.130. The lowest BCUT2D eigenvalue weighted by Gasteiger charge is -2.33. The number of methoxy groups -OCH3 is 1. The van der Waals surface area contributed by atoms with Gasteiger partial charge in [-0.15, -0.1) is 0 Å². The number of hydrogen-bond acceptors (Lipinski definition) is 9. The molecule has 0 bridgehead atoms. The van der Waals surface area contributed by atoms with E-state index in [4.69, 9.17) is 9.47 Å². The molecule has 35 heavy (non-hydrogen) atoms. The van der Waals surface area contributed by atoms with Crippen molar-refractivity contribution in [1.82, 2.24) is 25.3 Å². The van der Waals surface area contributed by atoms with E-state index in [0.29, 0.717) is 36.3 Å². The van der Waals surface area contributed by atoms with Crippen LogP contribution < -0.4 is 16.0 Å². The second-order valence-corrected chi connectivity index (χ2v) is 10.1. The van der Waals surface area contributed by atoms with Crippen molar-refractivity contribution < 1.29 is 13.9 Å². The largest absolute Gasteiger partial charge is 0.383 e. The van der Waals surface area contributed by atoms with E-state index in [0.717, 1.165) is 58.3 Å². The minimum atomic E-state index is -0.503. The molecule has 1 aliphatic carbocycles. The number of rotatable bonds is 10. The Labute approximate surface area is 207 Å². The van der Waals surface area contributed by atoms with E-state index < -0.39 is 5.82 Å². The van der Waals surface area contributed by atoms with E-state index in [9.17, 15) is 4.39 Å². The van der Waals surface area contributed by atoms with Gasteiger partial charge in [0.05, 0.1) is 18.5 Å². The van der Waals surface area contributed by atoms with Gasteiger partial charge in [-0.1, -0.05) is 6.92 Å². The maximum Gasteiger partial charge on any atom is 0.223 e. The lowest BCUT2D eigenvalue weighted by Crippen LogP contribution is -2.43. The topological polar surface area (TPSA) is 106 Å². The first-order chi connectivity index (χ1) is 16.9. The molecule has 1 atom stereocenters. The average molecular weight is 488 g/mol. The molecule has 3 heterocycles. The summed E-state index contributed by atoms with van der Waals surface area (Å²) in [5.74, 6) is 0.390. The number of aromatic nitrogens is 4. The Kier molecular flexibility index (Phi) is 8.80. The molecule has 2 aromatic rings. The smallest absolute Gasteiger partial charge is 0.223 e. The number of nitrogens with one attached hydrogen (secondary N) is 3. The Balaban J connectivity index is 1.36. The van der Waals surface area contributed by atoms with Crippen LogP contribution in [0.25, 0.3) is 11.4 Å². The third kappa shape index (κ3) is 7.28. The van der Waals surface area contributed by atoms with Crippen molar-refractivity contribution in [3.05, 3.63) is 24.3 Å². The van der Waals surface area contributed by atoms with E-state index in [1.165, 1.54) is 6.20 Å². The molecule has 1 saturated carbocycles. The molecule has 1 unspecified atom stereocenters. The molecule has 2 fully saturated rings. The van der Waals surface area contributed by atoms with Crippen LogP contribution in [-0.4, -0.2) is 71.5 Å². The van der Waals surface area contributed by atoms with Gasteiger partial charge in [0.2, 0.25) is 11.9 Å². The number of halogens is 1. The summed E-state index contributed by atoms with van der Waals surface area (Å²) in [6.45, 7) is 7.36. The zero-order valence-electron chi connectivity index (χ0n) is 21.0. The summed E-state index contributed by atoms with van der Waals surface area (Å²) in [5.41, 5.74) is 0.738. The third-order valence-electron chi connectivity index (χ3n) is 7.01. The van der Waals surface area contributed by atoms with Crippen LogP contribution in [0.5, 0.6) is 0 Å². The van der Waals surface area contributed by atoms with Crippen molar-refractivity contribution in [2.75, 3.05) is 44.1 Å². The first-order valence-corrected chi connectivity index (χ1v) is 12.6. The summed E-state index contributed by atoms with van der Waals surface area (Å²) in [7, 11) is 1.72. The van der Waals surface area contributed by atoms with Gasteiger partial charge in [0, 0.05) is 51.2 Å². The van der Waals surface area contributed by atoms with E-state index in [2.05, 4.69) is 49.7 Å². The van der Waals surface area contributed by atoms with Gasteiger partial charge in [0.1, 0.15) is 5.69 Å². The van der Waals surface area contributed by atoms with Crippen LogP contribution in [0.3, 0.4) is 0 Å². The zero-order chi connectivity index (χ0) is 24.7. The molecule has 0 amide bonds. The molecule has 0 radical (unpaired) electrons. The van der Waals surface area contributed by atoms with Gasteiger partial charge in [-0.25, -0.2) is 24.3 Å². The highest BCUT2D eigenvalue weighted by Crippen LogP contribution is 2.30. The second-order valence-electron chi connectivity index (χ2n) is 10.1. The van der Waals surface area contributed by atoms with Crippen LogP contribution in [0.1, 0.15) is 52.4 Å². The second kappa shape index (κ2) is 12.0. The van der Waals surface area contributed by atoms with Crippen LogP contribution >= 0.6 is 0 Å². The fraction of sp³-hybridized carbons (Fsp3) is 0.680. The monoisotopic (exact) mass is 487 g/mol. The number of nitrogens with zero attached hydrogens (tertiary/aromatic N) is 4. The highest BCUT2D eigenvalue weighted by atomic mass is 19.1. The van der Waals surface area contributed by atoms with Crippen LogP contribution in [0, 0.1) is 11.2 Å². The standard InChI is InChI=1S/C25H38FN7O2/c1-17(15-34-3)30-18-4-6-19(7-5-18)31-24-28-14-20(26)22(33-24)21-8-11-27-23(32-21)29-16-25(2)9-12-35-13-10-25/h8,11,14,17-19,30H,4-7,9-10,12-13,15-16H2,1-3H3,(H,27,29,32)(H,28,31,33). The van der Waals surface area contributed by atoms with Gasteiger partial charge in [-0.3, -0.25) is 0 Å². The molecule has 4 rings (SSSR count). The highest BCUT2D eigenvalue weighted by molar-refractivity contribution is 5.57. The van der Waals surface area contributed by atoms with Gasteiger partial charge in [-0.05, 0) is 56.9 Å². The van der Waals surface area contributed by atoms with Crippen molar-refractivity contribution in [3.8, 4) is 11.4 Å². The molecule has 9 nitrogen and oxygen atoms in total. The molecule has 2 aromatic heterocycles. The first kappa shape index (κ1) is 25.7. The van der Waals surface area contributed by atoms with Crippen molar-refractivity contribution in [1.29, 1.82) is 0 Å². The third-order valence-corrected chi connectivity index (χ3v) is 7.01. The Morgan fingerprint density at radius 2 is 1.86 bits per heavy atom. The van der Waals surface area contributed by atoms with Crippen molar-refractivity contribution in [2.24, 2.45) is 5.41 Å². The van der Waals surface area contributed by atoms with Crippen LogP contribution in [0.15, 0.2) is 18.5 Å². The highest BCUT2D eigenvalue weighted by Gasteiger charge is 2.27. The summed E-state index contributed by atoms with van der Waals surface area (Å²) in [6, 6.07) is 2.75. The van der Waals surface area contributed by atoms with Gasteiger partial charge in [0.15, 0.2) is 5.82 Å². The SMILES string of the molecule is COCC(C)NC1CCC(Nc2ncc(F)c(-c3ccnc(NCC4(C)CCOCC4)n3)n2)CC1. The van der Waals surface area contributed by atoms with Crippen LogP contribution in [0.2, 0.25) is 0 Å². The van der Waals surface area contributed by atoms with Gasteiger partial charge in [0.25, 0.3) is 0 Å². The van der Waals surface area contributed by atoms with E-state index in [-0.39, 0.29) is 17.2 Å². The van der Waals surface area contributed by atoms with Crippen LogP contribution in [0.4, 0.5) is 16.3 Å². The van der Waals surface area contributed by atoms with E-state index in [1.807, 2.05) is 0 Å². The first-order valence-electron chi connectivity index (χ1n) is 12.6. The van der Waals surface area contributed by atoms with Gasteiger partial charge in [-0.2, -0.15) is 0 Å². The molecule has 10 heteroatoms. The van der Waals surface area contributed by atoms with Crippen LogP contribution in [-0.2, 0) is 9.47 Å². The zero-order valence-corrected chi connectivity index (χ0v) is 21.0. The quantitative estimate of drug-likeness (QED) is 0.463. The summed E-state index contributed by atoms with van der Waals surface area (Å²) in [6.07, 6.45) is 8.93. The Hall–Kier alpha value is -2.43. The maximum absolute atomic E-state index is 14.7. The van der Waals surface area contributed by atoms with E-state index >= 15 is 0 Å². The Bertz CT molecular complexity index is 949. The number of hydrogen-bond donors (Lipinski definition) is 3. The fourth-order valence-electron chi connectivity index (χ4n) is 4.81. The summed E-state index contributed by atoms with van der Waals surface area (Å²) in [4.78, 5) is 17.5. The predicted octanol–water partition coefficient (Wildman–Crippen LogP) is 3.65. The van der Waals surface area contributed by atoms with E-state index in [1.54, 1.807) is 19.4 Å².